The second kappa shape index (κ2) is 7.20. The van der Waals surface area contributed by atoms with E-state index in [-0.39, 0.29) is 29.7 Å². The van der Waals surface area contributed by atoms with Crippen molar-refractivity contribution in [2.45, 2.75) is 58.2 Å². The van der Waals surface area contributed by atoms with Crippen molar-refractivity contribution in [3.8, 4) is 0 Å². The lowest BCUT2D eigenvalue weighted by atomic mass is 9.95. The van der Waals surface area contributed by atoms with E-state index in [1.54, 1.807) is 0 Å². The fraction of sp³-hybridized carbons (Fsp3) is 1.00. The standard InChI is InChI=1S/C14H30N2O3S/c1-12(2)15-14(4,11-17)6-5-7-16-8-9-20(18,19)10-13(16)3/h12-13,15,17H,5-11H2,1-4H3. The summed E-state index contributed by atoms with van der Waals surface area (Å²) in [7, 11) is -2.83. The average molecular weight is 306 g/mol. The van der Waals surface area contributed by atoms with Gasteiger partial charge in [0.25, 0.3) is 0 Å². The molecule has 0 aromatic rings. The van der Waals surface area contributed by atoms with E-state index >= 15 is 0 Å². The summed E-state index contributed by atoms with van der Waals surface area (Å²) in [5.74, 6) is 0.549. The maximum Gasteiger partial charge on any atom is 0.153 e. The molecule has 2 atom stereocenters. The SMILES string of the molecule is CC(C)NC(C)(CO)CCCN1CCS(=O)(=O)CC1C. The summed E-state index contributed by atoms with van der Waals surface area (Å²) in [4.78, 5) is 2.24. The van der Waals surface area contributed by atoms with Crippen LogP contribution in [0.2, 0.25) is 0 Å². The van der Waals surface area contributed by atoms with Crippen LogP contribution >= 0.6 is 0 Å². The smallest absolute Gasteiger partial charge is 0.153 e. The number of aliphatic hydroxyl groups excluding tert-OH is 1. The summed E-state index contributed by atoms with van der Waals surface area (Å²) in [6.45, 7) is 9.82. The highest BCUT2D eigenvalue weighted by molar-refractivity contribution is 7.91. The Kier molecular flexibility index (Phi) is 6.44. The number of hydrogen-bond acceptors (Lipinski definition) is 5. The van der Waals surface area contributed by atoms with Crippen molar-refractivity contribution in [1.82, 2.24) is 10.2 Å². The molecule has 0 aliphatic carbocycles. The van der Waals surface area contributed by atoms with Gasteiger partial charge in [-0.2, -0.15) is 0 Å². The minimum absolute atomic E-state index is 0.104. The first-order valence-electron chi connectivity index (χ1n) is 7.50. The van der Waals surface area contributed by atoms with Crippen molar-refractivity contribution in [2.24, 2.45) is 0 Å². The van der Waals surface area contributed by atoms with Crippen LogP contribution in [0.15, 0.2) is 0 Å². The minimum atomic E-state index is -2.83. The highest BCUT2D eigenvalue weighted by Gasteiger charge is 2.29. The predicted octanol–water partition coefficient (Wildman–Crippen LogP) is 0.635. The molecule has 2 N–H and O–H groups in total. The molecule has 1 aliphatic rings. The molecular weight excluding hydrogens is 276 g/mol. The average Bonchev–Trinajstić information content (AvgIpc) is 2.30. The lowest BCUT2D eigenvalue weighted by Gasteiger charge is -2.35. The van der Waals surface area contributed by atoms with Gasteiger partial charge in [0, 0.05) is 24.2 Å². The van der Waals surface area contributed by atoms with Gasteiger partial charge < -0.3 is 10.4 Å². The normalized spacial score (nSPS) is 26.6. The molecule has 0 radical (unpaired) electrons. The lowest BCUT2D eigenvalue weighted by Crippen LogP contribution is -2.50. The lowest BCUT2D eigenvalue weighted by molar-refractivity contribution is 0.144. The van der Waals surface area contributed by atoms with E-state index in [9.17, 15) is 13.5 Å². The van der Waals surface area contributed by atoms with Crippen LogP contribution in [-0.4, -0.2) is 67.2 Å². The van der Waals surface area contributed by atoms with Crippen molar-refractivity contribution in [3.63, 3.8) is 0 Å². The van der Waals surface area contributed by atoms with Gasteiger partial charge in [-0.05, 0) is 33.2 Å². The van der Waals surface area contributed by atoms with Gasteiger partial charge in [-0.25, -0.2) is 8.42 Å². The Hall–Kier alpha value is -0.170. The summed E-state index contributed by atoms with van der Waals surface area (Å²) in [6.07, 6.45) is 1.85. The zero-order valence-corrected chi connectivity index (χ0v) is 14.0. The number of nitrogens with one attached hydrogen (secondary N) is 1. The van der Waals surface area contributed by atoms with Crippen LogP contribution in [0.4, 0.5) is 0 Å². The minimum Gasteiger partial charge on any atom is -0.394 e. The zero-order chi connectivity index (χ0) is 15.4. The van der Waals surface area contributed by atoms with Crippen LogP contribution in [0.25, 0.3) is 0 Å². The summed E-state index contributed by atoms with van der Waals surface area (Å²) in [6, 6.07) is 0.443. The van der Waals surface area contributed by atoms with Gasteiger partial charge >= 0.3 is 0 Å². The molecule has 1 fully saturated rings. The van der Waals surface area contributed by atoms with Crippen LogP contribution in [0, 0.1) is 0 Å². The number of sulfone groups is 1. The Morgan fingerprint density at radius 1 is 1.45 bits per heavy atom. The molecule has 6 heteroatoms. The molecule has 0 bridgehead atoms. The maximum absolute atomic E-state index is 11.5. The van der Waals surface area contributed by atoms with Gasteiger partial charge in [0.1, 0.15) is 0 Å². The Morgan fingerprint density at radius 3 is 2.60 bits per heavy atom. The Balaban J connectivity index is 2.40. The monoisotopic (exact) mass is 306 g/mol. The largest absolute Gasteiger partial charge is 0.394 e. The fourth-order valence-electron chi connectivity index (χ4n) is 2.93. The number of aliphatic hydroxyl groups is 1. The third-order valence-corrected chi connectivity index (χ3v) is 5.76. The van der Waals surface area contributed by atoms with Gasteiger partial charge in [0.15, 0.2) is 9.84 Å². The molecule has 120 valence electrons. The first kappa shape index (κ1) is 17.9. The number of hydrogen-bond donors (Lipinski definition) is 2. The van der Waals surface area contributed by atoms with Gasteiger partial charge in [-0.1, -0.05) is 13.8 Å². The van der Waals surface area contributed by atoms with E-state index in [0.29, 0.717) is 12.6 Å². The van der Waals surface area contributed by atoms with Crippen molar-refractivity contribution in [2.75, 3.05) is 31.2 Å². The van der Waals surface area contributed by atoms with Crippen LogP contribution < -0.4 is 5.32 Å². The highest BCUT2D eigenvalue weighted by Crippen LogP contribution is 2.16. The molecule has 20 heavy (non-hydrogen) atoms. The summed E-state index contributed by atoms with van der Waals surface area (Å²) < 4.78 is 23.1. The topological polar surface area (TPSA) is 69.6 Å². The van der Waals surface area contributed by atoms with E-state index < -0.39 is 9.84 Å². The van der Waals surface area contributed by atoms with Crippen LogP contribution in [-0.2, 0) is 9.84 Å². The van der Waals surface area contributed by atoms with Crippen molar-refractivity contribution in [3.05, 3.63) is 0 Å². The van der Waals surface area contributed by atoms with Crippen molar-refractivity contribution in [1.29, 1.82) is 0 Å². The Morgan fingerprint density at radius 2 is 2.10 bits per heavy atom. The fourth-order valence-corrected chi connectivity index (χ4v) is 4.56. The first-order chi connectivity index (χ1) is 9.17. The van der Waals surface area contributed by atoms with Gasteiger partial charge in [-0.3, -0.25) is 4.90 Å². The third kappa shape index (κ3) is 5.68. The molecule has 1 saturated heterocycles. The number of nitrogens with zero attached hydrogens (tertiary/aromatic N) is 1. The Labute approximate surface area is 123 Å². The maximum atomic E-state index is 11.5. The summed E-state index contributed by atoms with van der Waals surface area (Å²) >= 11 is 0. The molecule has 5 nitrogen and oxygen atoms in total. The van der Waals surface area contributed by atoms with Crippen molar-refractivity contribution < 1.29 is 13.5 Å². The van der Waals surface area contributed by atoms with E-state index in [1.807, 2.05) is 13.8 Å². The molecule has 0 aromatic carbocycles. The van der Waals surface area contributed by atoms with E-state index in [2.05, 4.69) is 24.1 Å². The molecule has 1 aliphatic heterocycles. The highest BCUT2D eigenvalue weighted by atomic mass is 32.2. The van der Waals surface area contributed by atoms with E-state index in [4.69, 9.17) is 0 Å². The predicted molar refractivity (Wildman–Crippen MR) is 82.7 cm³/mol. The second-order valence-corrected chi connectivity index (χ2v) is 8.85. The van der Waals surface area contributed by atoms with Crippen molar-refractivity contribution >= 4 is 9.84 Å². The molecule has 0 amide bonds. The Bertz CT molecular complexity index is 397. The van der Waals surface area contributed by atoms with Gasteiger partial charge in [0.05, 0.1) is 18.1 Å². The quantitative estimate of drug-likeness (QED) is 0.722. The van der Waals surface area contributed by atoms with Crippen LogP contribution in [0.5, 0.6) is 0 Å². The third-order valence-electron chi connectivity index (χ3n) is 3.97. The van der Waals surface area contributed by atoms with Gasteiger partial charge in [-0.15, -0.1) is 0 Å². The first-order valence-corrected chi connectivity index (χ1v) is 9.33. The molecule has 0 spiro atoms. The molecule has 1 heterocycles. The molecule has 0 saturated carbocycles. The second-order valence-electron chi connectivity index (χ2n) is 6.62. The summed E-state index contributed by atoms with van der Waals surface area (Å²) in [5.41, 5.74) is -0.251. The molecule has 0 aromatic heterocycles. The van der Waals surface area contributed by atoms with E-state index in [1.165, 1.54) is 0 Å². The molecular formula is C14H30N2O3S. The van der Waals surface area contributed by atoms with E-state index in [0.717, 1.165) is 19.4 Å². The van der Waals surface area contributed by atoms with Crippen LogP contribution in [0.3, 0.4) is 0 Å². The van der Waals surface area contributed by atoms with Gasteiger partial charge in [0.2, 0.25) is 0 Å². The van der Waals surface area contributed by atoms with Crippen LogP contribution in [0.1, 0.15) is 40.5 Å². The molecule has 2 unspecified atom stereocenters. The number of rotatable bonds is 7. The zero-order valence-electron chi connectivity index (χ0n) is 13.2. The molecule has 1 rings (SSSR count). The summed E-state index contributed by atoms with van der Waals surface area (Å²) in [5, 5.41) is 12.9.